The summed E-state index contributed by atoms with van der Waals surface area (Å²) >= 11 is 5.96. The first-order chi connectivity index (χ1) is 9.61. The predicted molar refractivity (Wildman–Crippen MR) is 77.1 cm³/mol. The molecular weight excluding hydrogens is 276 g/mol. The summed E-state index contributed by atoms with van der Waals surface area (Å²) in [5.74, 6) is 0.791. The van der Waals surface area contributed by atoms with Crippen molar-refractivity contribution in [1.29, 1.82) is 0 Å². The second kappa shape index (κ2) is 4.94. The van der Waals surface area contributed by atoms with Crippen LogP contribution in [0.5, 0.6) is 0 Å². The first-order valence-electron chi connectivity index (χ1n) is 5.95. The van der Waals surface area contributed by atoms with Gasteiger partial charge < -0.3 is 10.3 Å². The maximum Gasteiger partial charge on any atom is 0.258 e. The van der Waals surface area contributed by atoms with E-state index in [1.165, 1.54) is 0 Å². The van der Waals surface area contributed by atoms with Crippen LogP contribution in [-0.2, 0) is 0 Å². The van der Waals surface area contributed by atoms with Crippen LogP contribution in [0.2, 0.25) is 5.02 Å². The predicted octanol–water partition coefficient (Wildman–Crippen LogP) is 3.34. The second-order valence-corrected chi connectivity index (χ2v) is 4.85. The first-order valence-corrected chi connectivity index (χ1v) is 6.33. The van der Waals surface area contributed by atoms with E-state index >= 15 is 0 Å². The van der Waals surface area contributed by atoms with Crippen LogP contribution in [0.25, 0.3) is 23.0 Å². The fourth-order valence-corrected chi connectivity index (χ4v) is 2.08. The average Bonchev–Trinajstić information content (AvgIpc) is 2.87. The van der Waals surface area contributed by atoms with E-state index in [0.29, 0.717) is 33.7 Å². The van der Waals surface area contributed by atoms with Crippen molar-refractivity contribution in [3.05, 3.63) is 47.1 Å². The van der Waals surface area contributed by atoms with Crippen LogP contribution in [0, 0.1) is 6.92 Å². The Morgan fingerprint density at radius 3 is 2.80 bits per heavy atom. The van der Waals surface area contributed by atoms with Gasteiger partial charge in [0, 0.05) is 22.5 Å². The molecule has 2 aromatic heterocycles. The molecule has 0 aliphatic rings. The molecule has 2 N–H and O–H groups in total. The number of hydrogen-bond acceptors (Lipinski definition) is 5. The van der Waals surface area contributed by atoms with E-state index in [4.69, 9.17) is 21.9 Å². The number of nitrogen functional groups attached to an aromatic ring is 1. The van der Waals surface area contributed by atoms with E-state index < -0.39 is 0 Å². The van der Waals surface area contributed by atoms with Crippen molar-refractivity contribution in [3.63, 3.8) is 0 Å². The van der Waals surface area contributed by atoms with Gasteiger partial charge in [-0.3, -0.25) is 4.98 Å². The van der Waals surface area contributed by atoms with Crippen LogP contribution < -0.4 is 5.73 Å². The Balaban J connectivity index is 2.02. The lowest BCUT2D eigenvalue weighted by molar-refractivity contribution is 0.432. The summed E-state index contributed by atoms with van der Waals surface area (Å²) in [6, 6.07) is 8.90. The molecule has 0 unspecified atom stereocenters. The minimum Gasteiger partial charge on any atom is -0.399 e. The number of benzene rings is 1. The minimum atomic E-state index is 0.359. The summed E-state index contributed by atoms with van der Waals surface area (Å²) < 4.78 is 5.24. The number of pyridine rings is 1. The van der Waals surface area contributed by atoms with E-state index in [1.54, 1.807) is 24.4 Å². The Labute approximate surface area is 120 Å². The van der Waals surface area contributed by atoms with E-state index in [9.17, 15) is 0 Å². The van der Waals surface area contributed by atoms with Gasteiger partial charge in [-0.15, -0.1) is 0 Å². The zero-order valence-corrected chi connectivity index (χ0v) is 11.4. The SMILES string of the molecule is Cc1ccnc(-c2noc(-c3cc(N)cc(Cl)c3)n2)c1. The van der Waals surface area contributed by atoms with Crippen LogP contribution >= 0.6 is 11.6 Å². The highest BCUT2D eigenvalue weighted by Gasteiger charge is 2.12. The van der Waals surface area contributed by atoms with Gasteiger partial charge in [0.15, 0.2) is 0 Å². The molecule has 2 heterocycles. The quantitative estimate of drug-likeness (QED) is 0.731. The highest BCUT2D eigenvalue weighted by molar-refractivity contribution is 6.31. The molecule has 6 heteroatoms. The van der Waals surface area contributed by atoms with E-state index in [-0.39, 0.29) is 0 Å². The van der Waals surface area contributed by atoms with E-state index in [1.807, 2.05) is 19.1 Å². The van der Waals surface area contributed by atoms with Gasteiger partial charge in [0.25, 0.3) is 5.89 Å². The zero-order valence-electron chi connectivity index (χ0n) is 10.7. The molecule has 3 aromatic rings. The summed E-state index contributed by atoms with van der Waals surface area (Å²) in [6.07, 6.45) is 1.71. The monoisotopic (exact) mass is 286 g/mol. The summed E-state index contributed by atoms with van der Waals surface area (Å²) in [5.41, 5.74) is 8.71. The molecule has 0 fully saturated rings. The molecule has 0 atom stereocenters. The Morgan fingerprint density at radius 2 is 2.05 bits per heavy atom. The molecule has 100 valence electrons. The van der Waals surface area contributed by atoms with Crippen molar-refractivity contribution in [2.45, 2.75) is 6.92 Å². The maximum absolute atomic E-state index is 5.96. The summed E-state index contributed by atoms with van der Waals surface area (Å²) in [4.78, 5) is 8.54. The van der Waals surface area contributed by atoms with Crippen LogP contribution in [0.4, 0.5) is 5.69 Å². The van der Waals surface area contributed by atoms with Gasteiger partial charge in [-0.05, 0) is 42.8 Å². The summed E-state index contributed by atoms with van der Waals surface area (Å²) in [7, 11) is 0. The Hall–Kier alpha value is -2.40. The Bertz CT molecular complexity index is 749. The normalized spacial score (nSPS) is 10.7. The molecule has 0 saturated heterocycles. The summed E-state index contributed by atoms with van der Waals surface area (Å²) in [5, 5.41) is 4.45. The standard InChI is InChI=1S/C14H11ClN4O/c1-8-2-3-17-12(4-8)13-18-14(20-19-13)9-5-10(15)7-11(16)6-9/h2-7H,16H2,1H3. The average molecular weight is 287 g/mol. The molecule has 5 nitrogen and oxygen atoms in total. The third-order valence-electron chi connectivity index (χ3n) is 2.74. The van der Waals surface area contributed by atoms with Crippen LogP contribution in [0.3, 0.4) is 0 Å². The lowest BCUT2D eigenvalue weighted by Crippen LogP contribution is -1.88. The number of nitrogens with zero attached hydrogens (tertiary/aromatic N) is 3. The molecule has 3 rings (SSSR count). The molecule has 1 aromatic carbocycles. The number of halogens is 1. The topological polar surface area (TPSA) is 77.8 Å². The van der Waals surface area contributed by atoms with Crippen LogP contribution in [0.15, 0.2) is 41.1 Å². The van der Waals surface area contributed by atoms with Crippen molar-refractivity contribution >= 4 is 17.3 Å². The lowest BCUT2D eigenvalue weighted by Gasteiger charge is -1.98. The van der Waals surface area contributed by atoms with Gasteiger partial charge in [0.1, 0.15) is 5.69 Å². The highest BCUT2D eigenvalue weighted by atomic mass is 35.5. The Morgan fingerprint density at radius 1 is 1.20 bits per heavy atom. The molecule has 0 amide bonds. The number of aryl methyl sites for hydroxylation is 1. The van der Waals surface area contributed by atoms with E-state index in [2.05, 4.69) is 15.1 Å². The van der Waals surface area contributed by atoms with Crippen molar-refractivity contribution in [2.24, 2.45) is 0 Å². The number of rotatable bonds is 2. The number of aromatic nitrogens is 3. The molecule has 20 heavy (non-hydrogen) atoms. The van der Waals surface area contributed by atoms with Gasteiger partial charge in [0.2, 0.25) is 5.82 Å². The van der Waals surface area contributed by atoms with Crippen molar-refractivity contribution < 1.29 is 4.52 Å². The lowest BCUT2D eigenvalue weighted by atomic mass is 10.2. The molecule has 0 saturated carbocycles. The number of hydrogen-bond donors (Lipinski definition) is 1. The van der Waals surface area contributed by atoms with Gasteiger partial charge >= 0.3 is 0 Å². The molecule has 0 radical (unpaired) electrons. The zero-order chi connectivity index (χ0) is 14.1. The van der Waals surface area contributed by atoms with Crippen LogP contribution in [-0.4, -0.2) is 15.1 Å². The smallest absolute Gasteiger partial charge is 0.258 e. The van der Waals surface area contributed by atoms with Gasteiger partial charge in [-0.25, -0.2) is 0 Å². The second-order valence-electron chi connectivity index (χ2n) is 4.41. The number of nitrogens with two attached hydrogens (primary N) is 1. The maximum atomic E-state index is 5.96. The molecular formula is C14H11ClN4O. The van der Waals surface area contributed by atoms with Crippen LogP contribution in [0.1, 0.15) is 5.56 Å². The van der Waals surface area contributed by atoms with Crippen molar-refractivity contribution in [1.82, 2.24) is 15.1 Å². The van der Waals surface area contributed by atoms with Gasteiger partial charge in [-0.1, -0.05) is 16.8 Å². The van der Waals surface area contributed by atoms with Crippen molar-refractivity contribution in [3.8, 4) is 23.0 Å². The van der Waals surface area contributed by atoms with E-state index in [0.717, 1.165) is 5.56 Å². The third-order valence-corrected chi connectivity index (χ3v) is 2.96. The van der Waals surface area contributed by atoms with Gasteiger partial charge in [0.05, 0.1) is 0 Å². The largest absolute Gasteiger partial charge is 0.399 e. The minimum absolute atomic E-state index is 0.359. The summed E-state index contributed by atoms with van der Waals surface area (Å²) in [6.45, 7) is 1.98. The number of anilines is 1. The highest BCUT2D eigenvalue weighted by Crippen LogP contribution is 2.26. The first kappa shape index (κ1) is 12.6. The molecule has 0 bridgehead atoms. The molecule has 0 spiro atoms. The van der Waals surface area contributed by atoms with Crippen molar-refractivity contribution in [2.75, 3.05) is 5.73 Å². The fraction of sp³-hybridized carbons (Fsp3) is 0.0714. The van der Waals surface area contributed by atoms with Gasteiger partial charge in [-0.2, -0.15) is 4.98 Å². The molecule has 0 aliphatic heterocycles. The fourth-order valence-electron chi connectivity index (χ4n) is 1.84. The third kappa shape index (κ3) is 2.48. The Kier molecular flexibility index (Phi) is 3.12. The molecule has 0 aliphatic carbocycles.